The smallest absolute Gasteiger partial charge is 0.338 e. The highest BCUT2D eigenvalue weighted by molar-refractivity contribution is 5.88. The van der Waals surface area contributed by atoms with Crippen LogP contribution in [-0.4, -0.2) is 18.2 Å². The Labute approximate surface area is 121 Å². The molecule has 0 heterocycles. The standard InChI is InChI=1S/C16H15FO4/c1-10-3-6-15(20-2)11(7-10)9-21-12-4-5-13(16(18)19)14(17)8-12/h3-8H,9H2,1-2H3,(H,18,19). The van der Waals surface area contributed by atoms with E-state index in [9.17, 15) is 9.18 Å². The Kier molecular flexibility index (Phi) is 4.42. The quantitative estimate of drug-likeness (QED) is 0.916. The molecule has 0 amide bonds. The predicted octanol–water partition coefficient (Wildman–Crippen LogP) is 3.42. The number of rotatable bonds is 5. The Hall–Kier alpha value is -2.56. The molecule has 0 unspecified atom stereocenters. The van der Waals surface area contributed by atoms with Gasteiger partial charge in [0, 0.05) is 11.6 Å². The molecule has 2 rings (SSSR count). The number of carboxylic acids is 1. The van der Waals surface area contributed by atoms with E-state index in [2.05, 4.69) is 0 Å². The number of methoxy groups -OCH3 is 1. The molecule has 1 N–H and O–H groups in total. The lowest BCUT2D eigenvalue weighted by Crippen LogP contribution is -2.02. The van der Waals surface area contributed by atoms with Gasteiger partial charge in [0.15, 0.2) is 0 Å². The van der Waals surface area contributed by atoms with Crippen LogP contribution in [0.4, 0.5) is 4.39 Å². The largest absolute Gasteiger partial charge is 0.496 e. The molecule has 4 nitrogen and oxygen atoms in total. The van der Waals surface area contributed by atoms with Gasteiger partial charge >= 0.3 is 5.97 Å². The summed E-state index contributed by atoms with van der Waals surface area (Å²) in [6.45, 7) is 2.15. The molecule has 0 aliphatic heterocycles. The summed E-state index contributed by atoms with van der Waals surface area (Å²) < 4.78 is 24.3. The van der Waals surface area contributed by atoms with E-state index in [0.29, 0.717) is 5.75 Å². The van der Waals surface area contributed by atoms with Gasteiger partial charge in [0.25, 0.3) is 0 Å². The van der Waals surface area contributed by atoms with Gasteiger partial charge in [-0.25, -0.2) is 9.18 Å². The van der Waals surface area contributed by atoms with Crippen LogP contribution in [0.25, 0.3) is 0 Å². The van der Waals surface area contributed by atoms with Gasteiger partial charge in [-0.15, -0.1) is 0 Å². The van der Waals surface area contributed by atoms with Gasteiger partial charge in [-0.05, 0) is 31.2 Å². The summed E-state index contributed by atoms with van der Waals surface area (Å²) in [5.74, 6) is -1.18. The number of aromatic carboxylic acids is 1. The average molecular weight is 290 g/mol. The van der Waals surface area contributed by atoms with Crippen LogP contribution in [0.15, 0.2) is 36.4 Å². The molecule has 0 bridgehead atoms. The molecule has 5 heteroatoms. The minimum Gasteiger partial charge on any atom is -0.496 e. The maximum absolute atomic E-state index is 13.6. The van der Waals surface area contributed by atoms with Crippen LogP contribution in [-0.2, 0) is 6.61 Å². The minimum atomic E-state index is -1.31. The van der Waals surface area contributed by atoms with Crippen LogP contribution in [0.1, 0.15) is 21.5 Å². The molecule has 0 saturated heterocycles. The minimum absolute atomic E-state index is 0.205. The lowest BCUT2D eigenvalue weighted by Gasteiger charge is -2.11. The van der Waals surface area contributed by atoms with E-state index in [-0.39, 0.29) is 17.9 Å². The molecule has 0 atom stereocenters. The fraction of sp³-hybridized carbons (Fsp3) is 0.188. The monoisotopic (exact) mass is 290 g/mol. The van der Waals surface area contributed by atoms with Crippen molar-refractivity contribution in [3.63, 3.8) is 0 Å². The van der Waals surface area contributed by atoms with Gasteiger partial charge in [0.2, 0.25) is 0 Å². The molecule has 0 radical (unpaired) electrons. The van der Waals surface area contributed by atoms with E-state index in [4.69, 9.17) is 14.6 Å². The summed E-state index contributed by atoms with van der Waals surface area (Å²) in [6.07, 6.45) is 0. The molecule has 0 saturated carbocycles. The zero-order valence-electron chi connectivity index (χ0n) is 11.7. The zero-order chi connectivity index (χ0) is 15.4. The van der Waals surface area contributed by atoms with Crippen molar-refractivity contribution in [1.82, 2.24) is 0 Å². The van der Waals surface area contributed by atoms with Crippen LogP contribution >= 0.6 is 0 Å². The maximum Gasteiger partial charge on any atom is 0.338 e. The molecule has 0 aliphatic rings. The third-order valence-corrected chi connectivity index (χ3v) is 3.00. The fourth-order valence-electron chi connectivity index (χ4n) is 1.94. The topological polar surface area (TPSA) is 55.8 Å². The Morgan fingerprint density at radius 3 is 2.62 bits per heavy atom. The molecular weight excluding hydrogens is 275 g/mol. The highest BCUT2D eigenvalue weighted by atomic mass is 19.1. The van der Waals surface area contributed by atoms with Gasteiger partial charge in [0.1, 0.15) is 23.9 Å². The molecule has 21 heavy (non-hydrogen) atoms. The Morgan fingerprint density at radius 1 is 1.24 bits per heavy atom. The molecule has 2 aromatic rings. The summed E-state index contributed by atoms with van der Waals surface area (Å²) in [4.78, 5) is 10.7. The predicted molar refractivity (Wildman–Crippen MR) is 75.4 cm³/mol. The van der Waals surface area contributed by atoms with Gasteiger partial charge in [-0.1, -0.05) is 11.6 Å². The summed E-state index contributed by atoms with van der Waals surface area (Å²) in [5, 5.41) is 8.77. The van der Waals surface area contributed by atoms with E-state index in [1.54, 1.807) is 7.11 Å². The number of carboxylic acid groups (broad SMARTS) is 1. The number of aryl methyl sites for hydroxylation is 1. The Balaban J connectivity index is 2.15. The van der Waals surface area contributed by atoms with E-state index in [1.165, 1.54) is 12.1 Å². The second-order valence-electron chi connectivity index (χ2n) is 4.55. The van der Waals surface area contributed by atoms with E-state index < -0.39 is 11.8 Å². The fourth-order valence-corrected chi connectivity index (χ4v) is 1.94. The molecule has 0 fully saturated rings. The van der Waals surface area contributed by atoms with Gasteiger partial charge in [-0.3, -0.25) is 0 Å². The van der Waals surface area contributed by atoms with Crippen molar-refractivity contribution in [3.05, 3.63) is 58.9 Å². The van der Waals surface area contributed by atoms with Crippen molar-refractivity contribution < 1.29 is 23.8 Å². The molecular formula is C16H15FO4. The first kappa shape index (κ1) is 14.8. The summed E-state index contributed by atoms with van der Waals surface area (Å²) in [7, 11) is 1.56. The molecule has 110 valence electrons. The van der Waals surface area contributed by atoms with Crippen molar-refractivity contribution in [2.24, 2.45) is 0 Å². The molecule has 0 aliphatic carbocycles. The van der Waals surface area contributed by atoms with Crippen LogP contribution in [0.3, 0.4) is 0 Å². The van der Waals surface area contributed by atoms with Gasteiger partial charge < -0.3 is 14.6 Å². The molecule has 0 spiro atoms. The lowest BCUT2D eigenvalue weighted by atomic mass is 10.1. The van der Waals surface area contributed by atoms with Crippen molar-refractivity contribution in [2.45, 2.75) is 13.5 Å². The van der Waals surface area contributed by atoms with Crippen molar-refractivity contribution in [1.29, 1.82) is 0 Å². The normalized spacial score (nSPS) is 10.2. The zero-order valence-corrected chi connectivity index (χ0v) is 11.7. The lowest BCUT2D eigenvalue weighted by molar-refractivity contribution is 0.0692. The number of carbonyl (C=O) groups is 1. The van der Waals surface area contributed by atoms with E-state index in [0.717, 1.165) is 17.2 Å². The Bertz CT molecular complexity index is 667. The first-order chi connectivity index (χ1) is 10.0. The maximum atomic E-state index is 13.6. The van der Waals surface area contributed by atoms with Crippen molar-refractivity contribution in [3.8, 4) is 11.5 Å². The van der Waals surface area contributed by atoms with E-state index >= 15 is 0 Å². The second-order valence-corrected chi connectivity index (χ2v) is 4.55. The summed E-state index contributed by atoms with van der Waals surface area (Å²) >= 11 is 0. The van der Waals surface area contributed by atoms with E-state index in [1.807, 2.05) is 25.1 Å². The third kappa shape index (κ3) is 3.51. The first-order valence-electron chi connectivity index (χ1n) is 6.30. The van der Waals surface area contributed by atoms with Crippen molar-refractivity contribution in [2.75, 3.05) is 7.11 Å². The Morgan fingerprint density at radius 2 is 2.00 bits per heavy atom. The highest BCUT2D eigenvalue weighted by Gasteiger charge is 2.11. The van der Waals surface area contributed by atoms with Crippen molar-refractivity contribution >= 4 is 5.97 Å². The van der Waals surface area contributed by atoms with Crippen LogP contribution in [0.2, 0.25) is 0 Å². The van der Waals surface area contributed by atoms with Crippen LogP contribution < -0.4 is 9.47 Å². The summed E-state index contributed by atoms with van der Waals surface area (Å²) in [6, 6.07) is 9.34. The SMILES string of the molecule is COc1ccc(C)cc1COc1ccc(C(=O)O)c(F)c1. The first-order valence-corrected chi connectivity index (χ1v) is 6.30. The van der Waals surface area contributed by atoms with Crippen LogP contribution in [0, 0.1) is 12.7 Å². The number of ether oxygens (including phenoxy) is 2. The molecule has 0 aromatic heterocycles. The van der Waals surface area contributed by atoms with Crippen LogP contribution in [0.5, 0.6) is 11.5 Å². The number of halogens is 1. The number of hydrogen-bond donors (Lipinski definition) is 1. The highest BCUT2D eigenvalue weighted by Crippen LogP contribution is 2.23. The van der Waals surface area contributed by atoms with Gasteiger partial charge in [0.05, 0.1) is 12.7 Å². The number of hydrogen-bond acceptors (Lipinski definition) is 3. The van der Waals surface area contributed by atoms with Gasteiger partial charge in [-0.2, -0.15) is 0 Å². The molecule has 2 aromatic carbocycles. The second kappa shape index (κ2) is 6.26. The third-order valence-electron chi connectivity index (χ3n) is 3.00. The summed E-state index contributed by atoms with van der Waals surface area (Å²) in [5.41, 5.74) is 1.51. The number of benzene rings is 2. The average Bonchev–Trinajstić information content (AvgIpc) is 2.45.